The number of unbranched alkanes of at least 4 members (excludes halogenated alkanes) is 1. The molecule has 0 saturated carbocycles. The zero-order valence-electron chi connectivity index (χ0n) is 14.1. The van der Waals surface area contributed by atoms with E-state index in [2.05, 4.69) is 11.5 Å². The average Bonchev–Trinajstić information content (AvgIpc) is 3.30. The molecule has 2 saturated heterocycles. The van der Waals surface area contributed by atoms with Crippen molar-refractivity contribution in [1.82, 2.24) is 9.47 Å². The molecule has 2 fully saturated rings. The smallest absolute Gasteiger partial charge is 0.270 e. The van der Waals surface area contributed by atoms with E-state index in [0.29, 0.717) is 26.3 Å². The van der Waals surface area contributed by atoms with Gasteiger partial charge in [-0.2, -0.15) is 0 Å². The minimum absolute atomic E-state index is 0.0744. The number of aryl methyl sites for hydroxylation is 1. The van der Waals surface area contributed by atoms with Crippen LogP contribution in [0.5, 0.6) is 0 Å². The summed E-state index contributed by atoms with van der Waals surface area (Å²) in [5.41, 5.74) is 2.51. The summed E-state index contributed by atoms with van der Waals surface area (Å²) in [4.78, 5) is 14.9. The maximum atomic E-state index is 13.0. The van der Waals surface area contributed by atoms with Crippen molar-refractivity contribution >= 4 is 17.0 Å². The monoisotopic (exact) mass is 332 g/mol. The summed E-state index contributed by atoms with van der Waals surface area (Å²) in [6.07, 6.45) is 5.29. The number of carbonyl (C=O) groups is 1. The summed E-state index contributed by atoms with van der Waals surface area (Å²) in [6.45, 7) is 5.64. The zero-order valence-corrected chi connectivity index (χ0v) is 14.1. The highest BCUT2D eigenvalue weighted by Gasteiger charge is 2.41. The molecule has 24 heavy (non-hydrogen) atoms. The van der Waals surface area contributed by atoms with Gasteiger partial charge < -0.3 is 23.4 Å². The molecule has 2 aromatic heterocycles. The number of rotatable bonds is 4. The van der Waals surface area contributed by atoms with Crippen molar-refractivity contribution in [3.63, 3.8) is 0 Å². The third-order valence-corrected chi connectivity index (χ3v) is 5.10. The molecule has 0 aliphatic carbocycles. The Labute approximate surface area is 141 Å². The Bertz CT molecular complexity index is 717. The minimum Gasteiger partial charge on any atom is -0.463 e. The Hall–Kier alpha value is -1.79. The van der Waals surface area contributed by atoms with E-state index in [0.717, 1.165) is 49.0 Å². The van der Waals surface area contributed by atoms with Gasteiger partial charge in [-0.05, 0) is 6.42 Å². The summed E-state index contributed by atoms with van der Waals surface area (Å²) >= 11 is 0. The molecule has 4 rings (SSSR count). The predicted molar refractivity (Wildman–Crippen MR) is 88.9 cm³/mol. The summed E-state index contributed by atoms with van der Waals surface area (Å²) in [7, 11) is 0. The highest BCUT2D eigenvalue weighted by Crippen LogP contribution is 2.32. The van der Waals surface area contributed by atoms with Crippen LogP contribution in [0.3, 0.4) is 0 Å². The second kappa shape index (κ2) is 6.26. The number of fused-ring (bicyclic) bond motifs is 1. The quantitative estimate of drug-likeness (QED) is 0.863. The van der Waals surface area contributed by atoms with Gasteiger partial charge in [0.25, 0.3) is 5.91 Å². The number of piperidine rings is 1. The Morgan fingerprint density at radius 2 is 2.00 bits per heavy atom. The lowest BCUT2D eigenvalue weighted by molar-refractivity contribution is -0.181. The van der Waals surface area contributed by atoms with Gasteiger partial charge in [-0.1, -0.05) is 13.3 Å². The van der Waals surface area contributed by atoms with Crippen molar-refractivity contribution in [1.29, 1.82) is 0 Å². The molecule has 0 unspecified atom stereocenters. The standard InChI is InChI=1S/C18H24N2O4/c1-2-3-7-20-14-4-10-22-16(14)13-15(20)17(21)19-8-5-18(6-9-19)23-11-12-24-18/h4,10,13H,2-3,5-9,11-12H2,1H3. The Morgan fingerprint density at radius 3 is 2.71 bits per heavy atom. The summed E-state index contributed by atoms with van der Waals surface area (Å²) in [6, 6.07) is 3.81. The summed E-state index contributed by atoms with van der Waals surface area (Å²) in [5, 5.41) is 0. The van der Waals surface area contributed by atoms with E-state index in [-0.39, 0.29) is 5.91 Å². The van der Waals surface area contributed by atoms with Gasteiger partial charge in [-0.3, -0.25) is 4.79 Å². The van der Waals surface area contributed by atoms with Gasteiger partial charge in [-0.15, -0.1) is 0 Å². The van der Waals surface area contributed by atoms with Crippen LogP contribution in [0.1, 0.15) is 43.1 Å². The Morgan fingerprint density at radius 1 is 1.25 bits per heavy atom. The van der Waals surface area contributed by atoms with Crippen LogP contribution in [0.2, 0.25) is 0 Å². The van der Waals surface area contributed by atoms with Crippen LogP contribution < -0.4 is 0 Å². The van der Waals surface area contributed by atoms with E-state index in [1.165, 1.54) is 0 Å². The van der Waals surface area contributed by atoms with E-state index < -0.39 is 5.79 Å². The van der Waals surface area contributed by atoms with Gasteiger partial charge in [0.05, 0.1) is 25.0 Å². The maximum Gasteiger partial charge on any atom is 0.270 e. The van der Waals surface area contributed by atoms with Gasteiger partial charge in [0.2, 0.25) is 0 Å². The SMILES string of the molecule is CCCCn1c(C(=O)N2CCC3(CC2)OCCO3)cc2occc21. The molecule has 0 atom stereocenters. The molecule has 4 heterocycles. The second-order valence-corrected chi connectivity index (χ2v) is 6.60. The number of hydrogen-bond donors (Lipinski definition) is 0. The van der Waals surface area contributed by atoms with Crippen molar-refractivity contribution in [2.24, 2.45) is 0 Å². The first-order chi connectivity index (χ1) is 11.7. The number of likely N-dealkylation sites (tertiary alicyclic amines) is 1. The molecule has 0 bridgehead atoms. The van der Waals surface area contributed by atoms with Crippen molar-refractivity contribution in [3.8, 4) is 0 Å². The topological polar surface area (TPSA) is 56.8 Å². The van der Waals surface area contributed by atoms with E-state index >= 15 is 0 Å². The lowest BCUT2D eigenvalue weighted by Crippen LogP contribution is -2.47. The van der Waals surface area contributed by atoms with Crippen LogP contribution in [0.25, 0.3) is 11.1 Å². The molecule has 6 heteroatoms. The molecule has 0 aromatic carbocycles. The molecule has 2 aliphatic heterocycles. The Kier molecular flexibility index (Phi) is 4.10. The van der Waals surface area contributed by atoms with Crippen molar-refractivity contribution in [3.05, 3.63) is 24.1 Å². The van der Waals surface area contributed by atoms with Crippen LogP contribution in [-0.4, -0.2) is 47.5 Å². The van der Waals surface area contributed by atoms with Gasteiger partial charge in [0.1, 0.15) is 5.69 Å². The molecular formula is C18H24N2O4. The average molecular weight is 332 g/mol. The lowest BCUT2D eigenvalue weighted by atomic mass is 10.0. The highest BCUT2D eigenvalue weighted by atomic mass is 16.7. The molecular weight excluding hydrogens is 308 g/mol. The second-order valence-electron chi connectivity index (χ2n) is 6.60. The molecule has 1 amide bonds. The number of nitrogens with zero attached hydrogens (tertiary/aromatic N) is 2. The summed E-state index contributed by atoms with van der Waals surface area (Å²) < 4.78 is 19.1. The van der Waals surface area contributed by atoms with Gasteiger partial charge in [0.15, 0.2) is 11.4 Å². The Balaban J connectivity index is 1.54. The van der Waals surface area contributed by atoms with Crippen LogP contribution >= 0.6 is 0 Å². The molecule has 2 aromatic rings. The molecule has 6 nitrogen and oxygen atoms in total. The van der Waals surface area contributed by atoms with Crippen LogP contribution in [0.4, 0.5) is 0 Å². The van der Waals surface area contributed by atoms with Crippen molar-refractivity contribution in [2.75, 3.05) is 26.3 Å². The number of furan rings is 1. The van der Waals surface area contributed by atoms with Crippen LogP contribution in [0.15, 0.2) is 22.8 Å². The zero-order chi connectivity index (χ0) is 16.6. The van der Waals surface area contributed by atoms with Crippen molar-refractivity contribution in [2.45, 2.75) is 44.9 Å². The van der Waals surface area contributed by atoms with E-state index in [1.54, 1.807) is 6.26 Å². The molecule has 2 aliphatic rings. The van der Waals surface area contributed by atoms with Crippen LogP contribution in [-0.2, 0) is 16.0 Å². The fraction of sp³-hybridized carbons (Fsp3) is 0.611. The number of hydrogen-bond acceptors (Lipinski definition) is 4. The van der Waals surface area contributed by atoms with Crippen molar-refractivity contribution < 1.29 is 18.7 Å². The normalized spacial score (nSPS) is 20.3. The molecule has 130 valence electrons. The fourth-order valence-corrected chi connectivity index (χ4v) is 3.71. The van der Waals surface area contributed by atoms with Crippen LogP contribution in [0, 0.1) is 0 Å². The maximum absolute atomic E-state index is 13.0. The third-order valence-electron chi connectivity index (χ3n) is 5.10. The van der Waals surface area contributed by atoms with Gasteiger partial charge in [0, 0.05) is 44.6 Å². The van der Waals surface area contributed by atoms with E-state index in [9.17, 15) is 4.79 Å². The molecule has 0 N–H and O–H groups in total. The third kappa shape index (κ3) is 2.63. The van der Waals surface area contributed by atoms with Gasteiger partial charge in [-0.25, -0.2) is 0 Å². The minimum atomic E-state index is -0.450. The number of ether oxygens (including phenoxy) is 2. The highest BCUT2D eigenvalue weighted by molar-refractivity contribution is 5.97. The fourth-order valence-electron chi connectivity index (χ4n) is 3.71. The number of amides is 1. The van der Waals surface area contributed by atoms with E-state index in [1.807, 2.05) is 17.0 Å². The molecule has 0 radical (unpaired) electrons. The molecule has 1 spiro atoms. The largest absolute Gasteiger partial charge is 0.463 e. The summed E-state index contributed by atoms with van der Waals surface area (Å²) in [5.74, 6) is -0.375. The first kappa shape index (κ1) is 15.7. The number of aromatic nitrogens is 1. The first-order valence-corrected chi connectivity index (χ1v) is 8.86. The van der Waals surface area contributed by atoms with E-state index in [4.69, 9.17) is 13.9 Å². The predicted octanol–water partition coefficient (Wildman–Crippen LogP) is 3.01. The number of carbonyl (C=O) groups excluding carboxylic acids is 1. The van der Waals surface area contributed by atoms with Gasteiger partial charge >= 0.3 is 0 Å². The lowest BCUT2D eigenvalue weighted by Gasteiger charge is -2.37. The first-order valence-electron chi connectivity index (χ1n) is 8.86.